The number of rotatable bonds is 7. The molecule has 2 aromatic heterocycles. The molecule has 1 N–H and O–H groups in total. The number of nitrogens with one attached hydrogen (secondary N) is 1. The topological polar surface area (TPSA) is 42.7 Å². The molecule has 0 amide bonds. The molecular weight excluding hydrogens is 248 g/mol. The predicted octanol–water partition coefficient (Wildman–Crippen LogP) is 2.80. The first-order valence-electron chi connectivity index (χ1n) is 7.34. The number of hydrogen-bond acceptors (Lipinski definition) is 3. The molecular formula is C16H24N4. The van der Waals surface area contributed by atoms with Crippen molar-refractivity contribution in [2.24, 2.45) is 7.05 Å². The largest absolute Gasteiger partial charge is 0.310 e. The summed E-state index contributed by atoms with van der Waals surface area (Å²) in [6.07, 6.45) is 6.94. The van der Waals surface area contributed by atoms with Crippen LogP contribution < -0.4 is 5.32 Å². The highest BCUT2D eigenvalue weighted by Gasteiger charge is 2.14. The van der Waals surface area contributed by atoms with Crippen molar-refractivity contribution in [2.45, 2.75) is 39.2 Å². The van der Waals surface area contributed by atoms with Gasteiger partial charge in [0.2, 0.25) is 0 Å². The number of aromatic nitrogens is 3. The van der Waals surface area contributed by atoms with E-state index in [0.29, 0.717) is 6.04 Å². The van der Waals surface area contributed by atoms with Gasteiger partial charge in [-0.05, 0) is 50.4 Å². The highest BCUT2D eigenvalue weighted by Crippen LogP contribution is 2.21. The van der Waals surface area contributed by atoms with Crippen LogP contribution in [0.5, 0.6) is 0 Å². The molecule has 0 saturated carbocycles. The summed E-state index contributed by atoms with van der Waals surface area (Å²) in [7, 11) is 2.00. The third kappa shape index (κ3) is 3.67. The molecule has 4 heteroatoms. The minimum atomic E-state index is 0.360. The van der Waals surface area contributed by atoms with Gasteiger partial charge in [-0.3, -0.25) is 9.67 Å². The number of hydrogen-bond donors (Lipinski definition) is 1. The smallest absolute Gasteiger partial charge is 0.0492 e. The average Bonchev–Trinajstić information content (AvgIpc) is 2.86. The number of pyridine rings is 1. The fourth-order valence-corrected chi connectivity index (χ4v) is 2.49. The Morgan fingerprint density at radius 2 is 2.15 bits per heavy atom. The summed E-state index contributed by atoms with van der Waals surface area (Å²) in [5, 5.41) is 7.87. The second kappa shape index (κ2) is 7.20. The van der Waals surface area contributed by atoms with E-state index in [2.05, 4.69) is 41.4 Å². The second-order valence-corrected chi connectivity index (χ2v) is 5.17. The molecule has 108 valence electrons. The average molecular weight is 272 g/mol. The van der Waals surface area contributed by atoms with Crippen LogP contribution in [0.1, 0.15) is 42.8 Å². The second-order valence-electron chi connectivity index (χ2n) is 5.17. The molecule has 0 saturated heterocycles. The molecule has 1 atom stereocenters. The summed E-state index contributed by atoms with van der Waals surface area (Å²) >= 11 is 0. The SMILES string of the molecule is CCCNC(CCc1ccnn1C)c1cccnc1C. The summed E-state index contributed by atoms with van der Waals surface area (Å²) in [5.74, 6) is 0. The molecule has 0 aliphatic carbocycles. The van der Waals surface area contributed by atoms with Gasteiger partial charge in [0.15, 0.2) is 0 Å². The molecule has 0 aromatic carbocycles. The van der Waals surface area contributed by atoms with Gasteiger partial charge in [0, 0.05) is 36.9 Å². The van der Waals surface area contributed by atoms with Gasteiger partial charge < -0.3 is 5.32 Å². The highest BCUT2D eigenvalue weighted by molar-refractivity contribution is 5.22. The van der Waals surface area contributed by atoms with E-state index < -0.39 is 0 Å². The van der Waals surface area contributed by atoms with E-state index in [9.17, 15) is 0 Å². The van der Waals surface area contributed by atoms with Crippen LogP contribution in [0.2, 0.25) is 0 Å². The summed E-state index contributed by atoms with van der Waals surface area (Å²) in [6, 6.07) is 6.65. The van der Waals surface area contributed by atoms with Gasteiger partial charge in [0.25, 0.3) is 0 Å². The lowest BCUT2D eigenvalue weighted by molar-refractivity contribution is 0.488. The quantitative estimate of drug-likeness (QED) is 0.843. The monoisotopic (exact) mass is 272 g/mol. The third-order valence-corrected chi connectivity index (χ3v) is 3.68. The summed E-state index contributed by atoms with van der Waals surface area (Å²) in [5.41, 5.74) is 3.70. The molecule has 0 spiro atoms. The van der Waals surface area contributed by atoms with Gasteiger partial charge in [-0.2, -0.15) is 5.10 Å². The third-order valence-electron chi connectivity index (χ3n) is 3.68. The molecule has 0 aliphatic rings. The standard InChI is InChI=1S/C16H24N4/c1-4-10-18-16(15-6-5-11-17-13(15)2)8-7-14-9-12-19-20(14)3/h5-6,9,11-12,16,18H,4,7-8,10H2,1-3H3. The van der Waals surface area contributed by atoms with E-state index in [4.69, 9.17) is 0 Å². The van der Waals surface area contributed by atoms with Gasteiger partial charge >= 0.3 is 0 Å². The molecule has 1 unspecified atom stereocenters. The van der Waals surface area contributed by atoms with Crippen LogP contribution in [0.3, 0.4) is 0 Å². The number of aryl methyl sites for hydroxylation is 3. The lowest BCUT2D eigenvalue weighted by Gasteiger charge is -2.20. The van der Waals surface area contributed by atoms with Crippen molar-refractivity contribution in [2.75, 3.05) is 6.54 Å². The van der Waals surface area contributed by atoms with Crippen molar-refractivity contribution in [1.82, 2.24) is 20.1 Å². The summed E-state index contributed by atoms with van der Waals surface area (Å²) in [6.45, 7) is 5.31. The van der Waals surface area contributed by atoms with Crippen LogP contribution in [0, 0.1) is 6.92 Å². The Balaban J connectivity index is 2.08. The lowest BCUT2D eigenvalue weighted by atomic mass is 9.99. The first-order valence-corrected chi connectivity index (χ1v) is 7.34. The molecule has 2 aromatic rings. The maximum Gasteiger partial charge on any atom is 0.0492 e. The van der Waals surface area contributed by atoms with Crippen molar-refractivity contribution in [3.8, 4) is 0 Å². The fraction of sp³-hybridized carbons (Fsp3) is 0.500. The van der Waals surface area contributed by atoms with Crippen LogP contribution in [0.15, 0.2) is 30.6 Å². The van der Waals surface area contributed by atoms with Gasteiger partial charge in [0.05, 0.1) is 0 Å². The van der Waals surface area contributed by atoms with E-state index in [1.54, 1.807) is 0 Å². The molecule has 0 bridgehead atoms. The van der Waals surface area contributed by atoms with Gasteiger partial charge in [-0.25, -0.2) is 0 Å². The minimum Gasteiger partial charge on any atom is -0.310 e. The molecule has 0 aliphatic heterocycles. The van der Waals surface area contributed by atoms with Crippen LogP contribution >= 0.6 is 0 Å². The first-order chi connectivity index (χ1) is 9.72. The molecule has 2 heterocycles. The fourth-order valence-electron chi connectivity index (χ4n) is 2.49. The van der Waals surface area contributed by atoms with E-state index >= 15 is 0 Å². The highest BCUT2D eigenvalue weighted by atomic mass is 15.2. The molecule has 0 fully saturated rings. The van der Waals surface area contributed by atoms with Crippen LogP contribution in [0.25, 0.3) is 0 Å². The van der Waals surface area contributed by atoms with Crippen LogP contribution in [-0.4, -0.2) is 21.3 Å². The first kappa shape index (κ1) is 14.7. The molecule has 4 nitrogen and oxygen atoms in total. The van der Waals surface area contributed by atoms with E-state index in [1.165, 1.54) is 11.3 Å². The zero-order valence-corrected chi connectivity index (χ0v) is 12.6. The molecule has 0 radical (unpaired) electrons. The van der Waals surface area contributed by atoms with E-state index in [1.807, 2.05) is 30.2 Å². The maximum absolute atomic E-state index is 4.41. The van der Waals surface area contributed by atoms with Crippen molar-refractivity contribution >= 4 is 0 Å². The lowest BCUT2D eigenvalue weighted by Crippen LogP contribution is -2.24. The Kier molecular flexibility index (Phi) is 5.30. The minimum absolute atomic E-state index is 0.360. The Morgan fingerprint density at radius 3 is 2.80 bits per heavy atom. The predicted molar refractivity (Wildman–Crippen MR) is 81.5 cm³/mol. The summed E-state index contributed by atoms with van der Waals surface area (Å²) < 4.78 is 1.95. The van der Waals surface area contributed by atoms with Crippen LogP contribution in [0.4, 0.5) is 0 Å². The number of nitrogens with zero attached hydrogens (tertiary/aromatic N) is 3. The Morgan fingerprint density at radius 1 is 1.30 bits per heavy atom. The van der Waals surface area contributed by atoms with Crippen molar-refractivity contribution in [3.63, 3.8) is 0 Å². The van der Waals surface area contributed by atoms with E-state index in [0.717, 1.165) is 31.5 Å². The van der Waals surface area contributed by atoms with Crippen LogP contribution in [-0.2, 0) is 13.5 Å². The normalized spacial score (nSPS) is 12.6. The van der Waals surface area contributed by atoms with E-state index in [-0.39, 0.29) is 0 Å². The zero-order valence-electron chi connectivity index (χ0n) is 12.6. The van der Waals surface area contributed by atoms with Crippen molar-refractivity contribution in [1.29, 1.82) is 0 Å². The Bertz CT molecular complexity index is 533. The Labute approximate surface area is 121 Å². The Hall–Kier alpha value is -1.68. The summed E-state index contributed by atoms with van der Waals surface area (Å²) in [4.78, 5) is 4.41. The van der Waals surface area contributed by atoms with Gasteiger partial charge in [0.1, 0.15) is 0 Å². The van der Waals surface area contributed by atoms with Crippen molar-refractivity contribution in [3.05, 3.63) is 47.5 Å². The van der Waals surface area contributed by atoms with Crippen molar-refractivity contribution < 1.29 is 0 Å². The molecule has 20 heavy (non-hydrogen) atoms. The van der Waals surface area contributed by atoms with Gasteiger partial charge in [-0.1, -0.05) is 13.0 Å². The maximum atomic E-state index is 4.41. The zero-order chi connectivity index (χ0) is 14.4. The van der Waals surface area contributed by atoms with Gasteiger partial charge in [-0.15, -0.1) is 0 Å². The molecule has 2 rings (SSSR count).